The van der Waals surface area contributed by atoms with Crippen LogP contribution in [0.5, 0.6) is 0 Å². The van der Waals surface area contributed by atoms with Gasteiger partial charge in [0.2, 0.25) is 5.95 Å². The minimum Gasteiger partial charge on any atom is -0.363 e. The van der Waals surface area contributed by atoms with Gasteiger partial charge < -0.3 is 14.7 Å². The Labute approximate surface area is 139 Å². The number of likely N-dealkylation sites (N-methyl/N-ethyl adjacent to an activating group) is 1. The topological polar surface area (TPSA) is 78.6 Å². The summed E-state index contributed by atoms with van der Waals surface area (Å²) in [5.41, 5.74) is 0.752. The first-order valence-corrected chi connectivity index (χ1v) is 7.77. The number of nitrogens with zero attached hydrogens (tertiary/aromatic N) is 9. The molecule has 0 bridgehead atoms. The Morgan fingerprint density at radius 1 is 1.12 bits per heavy atom. The predicted octanol–water partition coefficient (Wildman–Crippen LogP) is 0.305. The Balaban J connectivity index is 1.45. The summed E-state index contributed by atoms with van der Waals surface area (Å²) >= 11 is 0. The molecule has 24 heavy (non-hydrogen) atoms. The molecule has 1 fully saturated rings. The molecule has 4 rings (SSSR count). The highest BCUT2D eigenvalue weighted by Gasteiger charge is 2.32. The lowest BCUT2D eigenvalue weighted by Gasteiger charge is -2.44. The standard InChI is InChI=1S/C15H19N9/c1-21(2)12-6-7-16-15(18-12)22(3)11-8-23(9-11)14-5-4-13-19-17-10-24(13)20-14/h4-7,10-11H,8-9H2,1-3H3. The van der Waals surface area contributed by atoms with Crippen LogP contribution >= 0.6 is 0 Å². The average molecular weight is 325 g/mol. The maximum Gasteiger partial charge on any atom is 0.227 e. The fraction of sp³-hybridized carbons (Fsp3) is 0.400. The van der Waals surface area contributed by atoms with Crippen LogP contribution in [0.15, 0.2) is 30.7 Å². The Kier molecular flexibility index (Phi) is 3.40. The molecule has 124 valence electrons. The van der Waals surface area contributed by atoms with Gasteiger partial charge in [-0.25, -0.2) is 4.98 Å². The van der Waals surface area contributed by atoms with Gasteiger partial charge in [-0.15, -0.1) is 15.3 Å². The summed E-state index contributed by atoms with van der Waals surface area (Å²) in [6, 6.07) is 6.17. The number of hydrogen-bond donors (Lipinski definition) is 0. The van der Waals surface area contributed by atoms with Gasteiger partial charge in [-0.05, 0) is 18.2 Å². The quantitative estimate of drug-likeness (QED) is 0.678. The van der Waals surface area contributed by atoms with Crippen LogP contribution in [0, 0.1) is 0 Å². The molecule has 0 aromatic carbocycles. The molecule has 0 spiro atoms. The normalized spacial score (nSPS) is 14.7. The van der Waals surface area contributed by atoms with Crippen molar-refractivity contribution in [1.82, 2.24) is 29.8 Å². The van der Waals surface area contributed by atoms with Gasteiger partial charge in [-0.1, -0.05) is 0 Å². The molecule has 3 aromatic heterocycles. The molecule has 9 nitrogen and oxygen atoms in total. The van der Waals surface area contributed by atoms with Crippen molar-refractivity contribution in [1.29, 1.82) is 0 Å². The van der Waals surface area contributed by atoms with Crippen molar-refractivity contribution in [2.24, 2.45) is 0 Å². The third-order valence-corrected chi connectivity index (χ3v) is 4.28. The van der Waals surface area contributed by atoms with Crippen LogP contribution in [0.1, 0.15) is 0 Å². The van der Waals surface area contributed by atoms with Crippen LogP contribution in [0.25, 0.3) is 5.65 Å². The van der Waals surface area contributed by atoms with Crippen LogP contribution in [-0.4, -0.2) is 70.1 Å². The highest BCUT2D eigenvalue weighted by molar-refractivity contribution is 5.50. The fourth-order valence-corrected chi connectivity index (χ4v) is 2.70. The summed E-state index contributed by atoms with van der Waals surface area (Å²) in [7, 11) is 5.99. The highest BCUT2D eigenvalue weighted by Crippen LogP contribution is 2.24. The van der Waals surface area contributed by atoms with E-state index >= 15 is 0 Å². The molecular formula is C15H19N9. The molecule has 0 saturated carbocycles. The Morgan fingerprint density at radius 3 is 2.75 bits per heavy atom. The van der Waals surface area contributed by atoms with Crippen LogP contribution in [0.4, 0.5) is 17.6 Å². The second kappa shape index (κ2) is 5.59. The maximum atomic E-state index is 4.59. The van der Waals surface area contributed by atoms with Gasteiger partial charge in [0.1, 0.15) is 18.0 Å². The van der Waals surface area contributed by atoms with Crippen LogP contribution < -0.4 is 14.7 Å². The number of rotatable bonds is 4. The number of anilines is 3. The van der Waals surface area contributed by atoms with Gasteiger partial charge in [0.05, 0.1) is 6.04 Å². The lowest BCUT2D eigenvalue weighted by Crippen LogP contribution is -2.59. The molecule has 4 heterocycles. The molecule has 0 atom stereocenters. The summed E-state index contributed by atoms with van der Waals surface area (Å²) in [6.07, 6.45) is 3.41. The van der Waals surface area contributed by atoms with E-state index in [4.69, 9.17) is 0 Å². The summed E-state index contributed by atoms with van der Waals surface area (Å²) in [4.78, 5) is 15.3. The third-order valence-electron chi connectivity index (χ3n) is 4.28. The van der Waals surface area contributed by atoms with Gasteiger partial charge in [0.25, 0.3) is 0 Å². The number of fused-ring (bicyclic) bond motifs is 1. The molecule has 3 aromatic rings. The van der Waals surface area contributed by atoms with Gasteiger partial charge in [-0.3, -0.25) is 0 Å². The van der Waals surface area contributed by atoms with Crippen LogP contribution in [0.3, 0.4) is 0 Å². The Hall–Kier alpha value is -2.97. The van der Waals surface area contributed by atoms with Gasteiger partial charge in [-0.2, -0.15) is 9.50 Å². The van der Waals surface area contributed by atoms with Crippen molar-refractivity contribution in [2.75, 3.05) is 48.9 Å². The van der Waals surface area contributed by atoms with Crippen LogP contribution in [0.2, 0.25) is 0 Å². The van der Waals surface area contributed by atoms with E-state index in [9.17, 15) is 0 Å². The van der Waals surface area contributed by atoms with E-state index in [1.165, 1.54) is 0 Å². The molecule has 0 unspecified atom stereocenters. The highest BCUT2D eigenvalue weighted by atomic mass is 15.4. The van der Waals surface area contributed by atoms with Crippen molar-refractivity contribution in [3.8, 4) is 0 Å². The smallest absolute Gasteiger partial charge is 0.227 e. The lowest BCUT2D eigenvalue weighted by molar-refractivity contribution is 0.484. The molecule has 1 aliphatic rings. The second-order valence-corrected chi connectivity index (χ2v) is 6.10. The summed E-state index contributed by atoms with van der Waals surface area (Å²) < 4.78 is 1.69. The first-order valence-electron chi connectivity index (χ1n) is 7.77. The first kappa shape index (κ1) is 14.6. The van der Waals surface area contributed by atoms with Gasteiger partial charge in [0.15, 0.2) is 5.65 Å². The van der Waals surface area contributed by atoms with E-state index in [0.29, 0.717) is 6.04 Å². The van der Waals surface area contributed by atoms with Crippen molar-refractivity contribution in [2.45, 2.75) is 6.04 Å². The molecule has 1 aliphatic heterocycles. The predicted molar refractivity (Wildman–Crippen MR) is 91.5 cm³/mol. The molecule has 1 saturated heterocycles. The van der Waals surface area contributed by atoms with E-state index in [1.54, 1.807) is 17.0 Å². The monoisotopic (exact) mass is 325 g/mol. The average Bonchev–Trinajstić information content (AvgIpc) is 3.01. The molecule has 0 aliphatic carbocycles. The Morgan fingerprint density at radius 2 is 1.96 bits per heavy atom. The summed E-state index contributed by atoms with van der Waals surface area (Å²) in [6.45, 7) is 1.76. The lowest BCUT2D eigenvalue weighted by atomic mass is 10.1. The minimum absolute atomic E-state index is 0.362. The molecule has 9 heteroatoms. The number of aromatic nitrogens is 6. The molecular weight excluding hydrogens is 306 g/mol. The van der Waals surface area contributed by atoms with Crippen molar-refractivity contribution in [3.05, 3.63) is 30.7 Å². The minimum atomic E-state index is 0.362. The van der Waals surface area contributed by atoms with Gasteiger partial charge in [0, 0.05) is 40.4 Å². The van der Waals surface area contributed by atoms with E-state index in [-0.39, 0.29) is 0 Å². The number of hydrogen-bond acceptors (Lipinski definition) is 8. The maximum absolute atomic E-state index is 4.59. The van der Waals surface area contributed by atoms with Crippen molar-refractivity contribution >= 4 is 23.2 Å². The third kappa shape index (κ3) is 2.47. The molecule has 0 amide bonds. The van der Waals surface area contributed by atoms with E-state index in [0.717, 1.165) is 36.3 Å². The van der Waals surface area contributed by atoms with Crippen LogP contribution in [-0.2, 0) is 0 Å². The molecule has 0 N–H and O–H groups in total. The van der Waals surface area contributed by atoms with E-state index < -0.39 is 0 Å². The zero-order valence-corrected chi connectivity index (χ0v) is 13.9. The fourth-order valence-electron chi connectivity index (χ4n) is 2.70. The second-order valence-electron chi connectivity index (χ2n) is 6.10. The first-order chi connectivity index (χ1) is 11.6. The van der Waals surface area contributed by atoms with Crippen molar-refractivity contribution in [3.63, 3.8) is 0 Å². The van der Waals surface area contributed by atoms with E-state index in [2.05, 4.69) is 35.1 Å². The Bertz CT molecular complexity index is 853. The molecule has 0 radical (unpaired) electrons. The zero-order valence-electron chi connectivity index (χ0n) is 13.9. The van der Waals surface area contributed by atoms with E-state index in [1.807, 2.05) is 44.2 Å². The van der Waals surface area contributed by atoms with Gasteiger partial charge >= 0.3 is 0 Å². The summed E-state index contributed by atoms with van der Waals surface area (Å²) in [5, 5.41) is 12.3. The zero-order chi connectivity index (χ0) is 16.7. The summed E-state index contributed by atoms with van der Waals surface area (Å²) in [5.74, 6) is 2.57. The van der Waals surface area contributed by atoms with Crippen molar-refractivity contribution < 1.29 is 0 Å². The SMILES string of the molecule is CN(C)c1ccnc(N(C)C2CN(c3ccc4nncn4n3)C2)n1. The largest absolute Gasteiger partial charge is 0.363 e.